The van der Waals surface area contributed by atoms with E-state index in [4.69, 9.17) is 0 Å². The molecule has 1 N–H and O–H groups in total. The predicted octanol–water partition coefficient (Wildman–Crippen LogP) is 2.90. The Bertz CT molecular complexity index is 811. The number of alkyl halides is 3. The summed E-state index contributed by atoms with van der Waals surface area (Å²) in [6, 6.07) is 5.81. The molecule has 3 aromatic heterocycles. The summed E-state index contributed by atoms with van der Waals surface area (Å²) >= 11 is 0. The van der Waals surface area contributed by atoms with Gasteiger partial charge in [-0.3, -0.25) is 9.67 Å². The highest BCUT2D eigenvalue weighted by atomic mass is 19.4. The van der Waals surface area contributed by atoms with E-state index in [0.717, 1.165) is 22.9 Å². The molecule has 0 unspecified atom stereocenters. The summed E-state index contributed by atoms with van der Waals surface area (Å²) in [5, 5.41) is 14.1. The molecule has 0 aromatic carbocycles. The lowest BCUT2D eigenvalue weighted by Crippen LogP contribution is -2.10. The van der Waals surface area contributed by atoms with E-state index in [-0.39, 0.29) is 5.82 Å². The van der Waals surface area contributed by atoms with Crippen molar-refractivity contribution in [3.63, 3.8) is 0 Å². The molecule has 124 valence electrons. The smallest absolute Gasteiger partial charge is 0.364 e. The molecule has 24 heavy (non-hydrogen) atoms. The molecule has 0 fully saturated rings. The molecule has 3 rings (SSSR count). The van der Waals surface area contributed by atoms with E-state index < -0.39 is 11.9 Å². The summed E-state index contributed by atoms with van der Waals surface area (Å²) < 4.78 is 39.1. The molecule has 0 radical (unpaired) electrons. The summed E-state index contributed by atoms with van der Waals surface area (Å²) in [4.78, 5) is 3.97. The molecule has 9 heteroatoms. The Morgan fingerprint density at radius 1 is 1.08 bits per heavy atom. The third-order valence-electron chi connectivity index (χ3n) is 3.27. The van der Waals surface area contributed by atoms with E-state index in [1.807, 2.05) is 18.3 Å². The molecule has 0 bridgehead atoms. The number of hydrogen-bond acceptors (Lipinski definition) is 5. The topological polar surface area (TPSA) is 68.5 Å². The number of halogens is 3. The van der Waals surface area contributed by atoms with Crippen LogP contribution in [0.15, 0.2) is 42.9 Å². The van der Waals surface area contributed by atoms with Crippen LogP contribution in [0, 0.1) is 0 Å². The van der Waals surface area contributed by atoms with Crippen LogP contribution >= 0.6 is 0 Å². The Morgan fingerprint density at radius 2 is 1.83 bits per heavy atom. The summed E-state index contributed by atoms with van der Waals surface area (Å²) in [7, 11) is 1.80. The van der Waals surface area contributed by atoms with Crippen molar-refractivity contribution in [3.8, 4) is 11.3 Å². The van der Waals surface area contributed by atoms with Gasteiger partial charge in [0.05, 0.1) is 5.69 Å². The molecule has 0 aliphatic heterocycles. The first kappa shape index (κ1) is 15.9. The predicted molar refractivity (Wildman–Crippen MR) is 80.8 cm³/mol. The minimum Gasteiger partial charge on any atom is -0.364 e. The highest BCUT2D eigenvalue weighted by Crippen LogP contribution is 2.27. The zero-order valence-corrected chi connectivity index (χ0v) is 12.6. The highest BCUT2D eigenvalue weighted by molar-refractivity contribution is 5.62. The monoisotopic (exact) mass is 334 g/mol. The van der Waals surface area contributed by atoms with Gasteiger partial charge in [0.2, 0.25) is 0 Å². The number of hydrogen-bond donors (Lipinski definition) is 1. The Hall–Kier alpha value is -2.97. The molecule has 0 aliphatic rings. The van der Waals surface area contributed by atoms with E-state index in [9.17, 15) is 13.2 Å². The summed E-state index contributed by atoms with van der Waals surface area (Å²) in [6.07, 6.45) is 0.675. The minimum absolute atomic E-state index is 0.257. The third kappa shape index (κ3) is 3.50. The first-order chi connectivity index (χ1) is 11.4. The maximum absolute atomic E-state index is 12.5. The van der Waals surface area contributed by atoms with Crippen LogP contribution < -0.4 is 5.32 Å². The van der Waals surface area contributed by atoms with Gasteiger partial charge >= 0.3 is 6.18 Å². The number of pyridine rings is 1. The van der Waals surface area contributed by atoms with Crippen LogP contribution in [0.4, 0.5) is 19.0 Å². The normalized spacial score (nSPS) is 11.5. The lowest BCUT2D eigenvalue weighted by Gasteiger charge is -2.07. The van der Waals surface area contributed by atoms with Crippen LogP contribution in [0.2, 0.25) is 0 Å². The van der Waals surface area contributed by atoms with Crippen molar-refractivity contribution in [1.29, 1.82) is 0 Å². The largest absolute Gasteiger partial charge is 0.435 e. The molecular formula is C15H13F3N6. The van der Waals surface area contributed by atoms with E-state index >= 15 is 0 Å². The fraction of sp³-hybridized carbons (Fsp3) is 0.200. The average Bonchev–Trinajstić information content (AvgIpc) is 2.94. The maximum Gasteiger partial charge on any atom is 0.435 e. The van der Waals surface area contributed by atoms with Gasteiger partial charge in [-0.1, -0.05) is 0 Å². The summed E-state index contributed by atoms with van der Waals surface area (Å²) in [5.74, 6) is 0.257. The molecule has 0 saturated carbocycles. The van der Waals surface area contributed by atoms with Crippen LogP contribution in [0.3, 0.4) is 0 Å². The zero-order valence-electron chi connectivity index (χ0n) is 12.6. The number of rotatable bonds is 4. The molecule has 0 amide bonds. The SMILES string of the molecule is Cn1cc(CNc2ccc(C(F)(F)F)nn2)c(-c2ccncc2)n1. The van der Waals surface area contributed by atoms with Crippen molar-refractivity contribution in [2.24, 2.45) is 7.05 Å². The lowest BCUT2D eigenvalue weighted by atomic mass is 10.1. The lowest BCUT2D eigenvalue weighted by molar-refractivity contribution is -0.141. The number of aryl methyl sites for hydroxylation is 1. The standard InChI is InChI=1S/C15H13F3N6/c1-24-9-11(14(23-24)10-4-6-19-7-5-10)8-20-13-3-2-12(21-22-13)15(16,17)18/h2-7,9H,8H2,1H3,(H,20,22). The minimum atomic E-state index is -4.50. The summed E-state index contributed by atoms with van der Waals surface area (Å²) in [6.45, 7) is 0.353. The van der Waals surface area contributed by atoms with Crippen LogP contribution in [0.25, 0.3) is 11.3 Å². The molecule has 0 atom stereocenters. The number of nitrogens with zero attached hydrogens (tertiary/aromatic N) is 5. The van der Waals surface area contributed by atoms with Gasteiger partial charge in [-0.2, -0.15) is 18.3 Å². The molecule has 0 spiro atoms. The molecule has 0 aliphatic carbocycles. The van der Waals surface area contributed by atoms with E-state index in [1.54, 1.807) is 24.1 Å². The molecule has 0 saturated heterocycles. The van der Waals surface area contributed by atoms with Crippen molar-refractivity contribution >= 4 is 5.82 Å². The first-order valence-electron chi connectivity index (χ1n) is 7.01. The second kappa shape index (κ2) is 6.26. The maximum atomic E-state index is 12.5. The van der Waals surface area contributed by atoms with Gasteiger partial charge in [0.1, 0.15) is 5.82 Å². The second-order valence-electron chi connectivity index (χ2n) is 5.07. The van der Waals surface area contributed by atoms with Crippen molar-refractivity contribution in [1.82, 2.24) is 25.0 Å². The van der Waals surface area contributed by atoms with Crippen LogP contribution in [0.1, 0.15) is 11.3 Å². The van der Waals surface area contributed by atoms with Crippen molar-refractivity contribution in [3.05, 3.63) is 54.1 Å². The number of anilines is 1. The fourth-order valence-corrected chi connectivity index (χ4v) is 2.18. The fourth-order valence-electron chi connectivity index (χ4n) is 2.18. The molecule has 3 aromatic rings. The van der Waals surface area contributed by atoms with Gasteiger partial charge in [-0.05, 0) is 24.3 Å². The van der Waals surface area contributed by atoms with Gasteiger partial charge < -0.3 is 5.32 Å². The van der Waals surface area contributed by atoms with Crippen molar-refractivity contribution < 1.29 is 13.2 Å². The number of aromatic nitrogens is 5. The van der Waals surface area contributed by atoms with Gasteiger partial charge in [0, 0.05) is 43.3 Å². The summed E-state index contributed by atoms with van der Waals surface area (Å²) in [5.41, 5.74) is 1.53. The van der Waals surface area contributed by atoms with E-state index in [1.165, 1.54) is 6.07 Å². The Balaban J connectivity index is 1.76. The Morgan fingerprint density at radius 3 is 2.46 bits per heavy atom. The van der Waals surface area contributed by atoms with E-state index in [2.05, 4.69) is 25.6 Å². The Kier molecular flexibility index (Phi) is 4.15. The van der Waals surface area contributed by atoms with Crippen LogP contribution in [-0.4, -0.2) is 25.0 Å². The molecule has 6 nitrogen and oxygen atoms in total. The number of nitrogens with one attached hydrogen (secondary N) is 1. The van der Waals surface area contributed by atoms with Crippen molar-refractivity contribution in [2.75, 3.05) is 5.32 Å². The van der Waals surface area contributed by atoms with Gasteiger partial charge in [0.25, 0.3) is 0 Å². The van der Waals surface area contributed by atoms with Crippen LogP contribution in [-0.2, 0) is 19.8 Å². The third-order valence-corrected chi connectivity index (χ3v) is 3.27. The molecular weight excluding hydrogens is 321 g/mol. The highest BCUT2D eigenvalue weighted by Gasteiger charge is 2.32. The first-order valence-corrected chi connectivity index (χ1v) is 7.01. The van der Waals surface area contributed by atoms with Gasteiger partial charge in [-0.25, -0.2) is 0 Å². The second-order valence-corrected chi connectivity index (χ2v) is 5.07. The quantitative estimate of drug-likeness (QED) is 0.794. The zero-order chi connectivity index (χ0) is 17.2. The van der Waals surface area contributed by atoms with Crippen molar-refractivity contribution in [2.45, 2.75) is 12.7 Å². The van der Waals surface area contributed by atoms with Crippen LogP contribution in [0.5, 0.6) is 0 Å². The molecule has 3 heterocycles. The Labute approximate surface area is 135 Å². The van der Waals surface area contributed by atoms with Gasteiger partial charge in [0.15, 0.2) is 5.69 Å². The van der Waals surface area contributed by atoms with E-state index in [0.29, 0.717) is 6.54 Å². The average molecular weight is 334 g/mol. The van der Waals surface area contributed by atoms with Gasteiger partial charge in [-0.15, -0.1) is 10.2 Å².